The van der Waals surface area contributed by atoms with E-state index in [1.165, 1.54) is 5.56 Å². The molecule has 8 heteroatoms. The van der Waals surface area contributed by atoms with Crippen molar-refractivity contribution < 1.29 is 9.21 Å². The second kappa shape index (κ2) is 10.9. The van der Waals surface area contributed by atoms with Gasteiger partial charge in [-0.3, -0.25) is 9.69 Å². The summed E-state index contributed by atoms with van der Waals surface area (Å²) in [6.07, 6.45) is 1.91. The van der Waals surface area contributed by atoms with Crippen molar-refractivity contribution in [3.05, 3.63) is 52.7 Å². The van der Waals surface area contributed by atoms with Gasteiger partial charge in [-0.25, -0.2) is 9.98 Å². The molecule has 0 radical (unpaired) electrons. The number of carbonyl (C=O) groups is 1. The second-order valence-corrected chi connectivity index (χ2v) is 8.09. The van der Waals surface area contributed by atoms with E-state index in [1.54, 1.807) is 0 Å². The molecule has 1 aliphatic rings. The third-order valence-electron chi connectivity index (χ3n) is 5.55. The summed E-state index contributed by atoms with van der Waals surface area (Å²) in [4.78, 5) is 22.9. The van der Waals surface area contributed by atoms with E-state index >= 15 is 0 Å². The van der Waals surface area contributed by atoms with E-state index in [9.17, 15) is 4.79 Å². The Labute approximate surface area is 184 Å². The van der Waals surface area contributed by atoms with Gasteiger partial charge in [0.25, 0.3) is 0 Å². The molecule has 0 bridgehead atoms. The highest BCUT2D eigenvalue weighted by atomic mass is 16.4. The Balaban J connectivity index is 1.58. The number of carbonyl (C=O) groups excluding carboxylic acids is 1. The maximum absolute atomic E-state index is 11.5. The molecule has 3 rings (SSSR count). The van der Waals surface area contributed by atoms with Gasteiger partial charge in [0.2, 0.25) is 11.8 Å². The van der Waals surface area contributed by atoms with Crippen molar-refractivity contribution in [1.29, 1.82) is 0 Å². The monoisotopic (exact) mass is 426 g/mol. The van der Waals surface area contributed by atoms with Crippen LogP contribution in [-0.4, -0.2) is 41.4 Å². The van der Waals surface area contributed by atoms with Crippen LogP contribution in [0, 0.1) is 19.8 Å². The van der Waals surface area contributed by atoms with E-state index in [2.05, 4.69) is 44.8 Å². The van der Waals surface area contributed by atoms with Gasteiger partial charge in [0.05, 0.1) is 24.7 Å². The van der Waals surface area contributed by atoms with Crippen LogP contribution in [-0.2, 0) is 24.4 Å². The van der Waals surface area contributed by atoms with Crippen LogP contribution in [0.2, 0.25) is 0 Å². The van der Waals surface area contributed by atoms with Crippen molar-refractivity contribution in [2.24, 2.45) is 16.6 Å². The first-order valence-corrected chi connectivity index (χ1v) is 11.0. The third-order valence-corrected chi connectivity index (χ3v) is 5.55. The average molecular weight is 427 g/mol. The minimum absolute atomic E-state index is 0.0356. The predicted molar refractivity (Wildman–Crippen MR) is 121 cm³/mol. The summed E-state index contributed by atoms with van der Waals surface area (Å²) in [6.45, 7) is 10.3. The maximum atomic E-state index is 11.5. The molecular weight excluding hydrogens is 392 g/mol. The molecule has 2 heterocycles. The lowest BCUT2D eigenvalue weighted by atomic mass is 9.97. The summed E-state index contributed by atoms with van der Waals surface area (Å²) in [5.41, 5.74) is 8.78. The van der Waals surface area contributed by atoms with E-state index in [0.717, 1.165) is 62.0 Å². The summed E-state index contributed by atoms with van der Waals surface area (Å²) in [7, 11) is 0. The second-order valence-electron chi connectivity index (χ2n) is 8.09. The normalized spacial score (nSPS) is 17.5. The summed E-state index contributed by atoms with van der Waals surface area (Å²) >= 11 is 0. The quantitative estimate of drug-likeness (QED) is 0.441. The van der Waals surface area contributed by atoms with E-state index in [0.29, 0.717) is 19.0 Å². The van der Waals surface area contributed by atoms with Crippen molar-refractivity contribution >= 4 is 11.9 Å². The maximum Gasteiger partial charge on any atom is 0.221 e. The zero-order valence-electron chi connectivity index (χ0n) is 18.8. The van der Waals surface area contributed by atoms with Crippen molar-refractivity contribution in [3.8, 4) is 0 Å². The number of aryl methyl sites for hydroxylation is 2. The van der Waals surface area contributed by atoms with Crippen molar-refractivity contribution in [1.82, 2.24) is 20.5 Å². The van der Waals surface area contributed by atoms with Crippen LogP contribution in [0.3, 0.4) is 0 Å². The molecule has 1 atom stereocenters. The van der Waals surface area contributed by atoms with Crippen molar-refractivity contribution in [2.75, 3.05) is 19.6 Å². The van der Waals surface area contributed by atoms with Crippen molar-refractivity contribution in [2.45, 2.75) is 53.2 Å². The number of aromatic nitrogens is 1. The number of benzene rings is 1. The molecule has 1 aliphatic heterocycles. The van der Waals surface area contributed by atoms with Crippen LogP contribution >= 0.6 is 0 Å². The number of guanidine groups is 1. The number of rotatable bonds is 8. The largest absolute Gasteiger partial charge is 0.444 e. The van der Waals surface area contributed by atoms with Gasteiger partial charge in [-0.15, -0.1) is 0 Å². The third kappa shape index (κ3) is 6.82. The lowest BCUT2D eigenvalue weighted by Gasteiger charge is -2.31. The van der Waals surface area contributed by atoms with Gasteiger partial charge in [-0.1, -0.05) is 24.3 Å². The number of hydrogen-bond acceptors (Lipinski definition) is 5. The fourth-order valence-electron chi connectivity index (χ4n) is 3.80. The molecule has 0 spiro atoms. The Morgan fingerprint density at radius 3 is 2.84 bits per heavy atom. The minimum Gasteiger partial charge on any atom is -0.444 e. The first-order valence-electron chi connectivity index (χ1n) is 11.0. The molecule has 1 fully saturated rings. The molecule has 1 saturated heterocycles. The van der Waals surface area contributed by atoms with Crippen LogP contribution in [0.4, 0.5) is 0 Å². The van der Waals surface area contributed by atoms with Gasteiger partial charge in [0, 0.05) is 19.6 Å². The Kier molecular flexibility index (Phi) is 8.06. The van der Waals surface area contributed by atoms with Crippen LogP contribution < -0.4 is 16.4 Å². The SMILES string of the molecule is CCNC(=NCc1cccc(CN2CCCC(C(N)=O)C2)c1)NCc1nc(C)c(C)o1. The van der Waals surface area contributed by atoms with E-state index in [1.807, 2.05) is 20.8 Å². The summed E-state index contributed by atoms with van der Waals surface area (Å²) in [6, 6.07) is 8.45. The van der Waals surface area contributed by atoms with Crippen molar-refractivity contribution in [3.63, 3.8) is 0 Å². The summed E-state index contributed by atoms with van der Waals surface area (Å²) in [5.74, 6) is 1.99. The molecule has 4 N–H and O–H groups in total. The van der Waals surface area contributed by atoms with Crippen LogP contribution in [0.1, 0.15) is 48.2 Å². The van der Waals surface area contributed by atoms with Gasteiger partial charge in [0.1, 0.15) is 5.76 Å². The molecule has 0 saturated carbocycles. The molecule has 1 amide bonds. The Bertz CT molecular complexity index is 888. The Morgan fingerprint density at radius 1 is 1.32 bits per heavy atom. The first kappa shape index (κ1) is 22.8. The van der Waals surface area contributed by atoms with E-state index < -0.39 is 0 Å². The molecule has 1 unspecified atom stereocenters. The topological polar surface area (TPSA) is 109 Å². The fourth-order valence-corrected chi connectivity index (χ4v) is 3.80. The minimum atomic E-state index is -0.189. The van der Waals surface area contributed by atoms with Crippen LogP contribution in [0.25, 0.3) is 0 Å². The average Bonchev–Trinajstić information content (AvgIpc) is 3.08. The number of aliphatic imine (C=N–C) groups is 1. The lowest BCUT2D eigenvalue weighted by Crippen LogP contribution is -2.40. The van der Waals surface area contributed by atoms with Gasteiger partial charge in [0.15, 0.2) is 5.96 Å². The number of nitrogens with two attached hydrogens (primary N) is 1. The number of amides is 1. The number of hydrogen-bond donors (Lipinski definition) is 3. The fraction of sp³-hybridized carbons (Fsp3) is 0.522. The summed E-state index contributed by atoms with van der Waals surface area (Å²) in [5, 5.41) is 6.53. The van der Waals surface area contributed by atoms with Gasteiger partial charge in [-0.05, 0) is 51.3 Å². The molecule has 31 heavy (non-hydrogen) atoms. The zero-order chi connectivity index (χ0) is 22.2. The first-order chi connectivity index (χ1) is 14.9. The lowest BCUT2D eigenvalue weighted by molar-refractivity contribution is -0.123. The zero-order valence-corrected chi connectivity index (χ0v) is 18.8. The van der Waals surface area contributed by atoms with Gasteiger partial charge in [-0.2, -0.15) is 0 Å². The highest BCUT2D eigenvalue weighted by Gasteiger charge is 2.23. The number of piperidine rings is 1. The van der Waals surface area contributed by atoms with E-state index in [-0.39, 0.29) is 11.8 Å². The Morgan fingerprint density at radius 2 is 2.13 bits per heavy atom. The smallest absolute Gasteiger partial charge is 0.221 e. The molecule has 8 nitrogen and oxygen atoms in total. The standard InChI is InChI=1S/C23H34N6O2/c1-4-25-23(27-13-21-28-16(2)17(3)31-21)26-12-18-7-5-8-19(11-18)14-29-10-6-9-20(15-29)22(24)30/h5,7-8,11,20H,4,6,9-10,12-15H2,1-3H3,(H2,24,30)(H2,25,26,27). The molecule has 2 aromatic rings. The molecule has 1 aromatic heterocycles. The van der Waals surface area contributed by atoms with E-state index in [4.69, 9.17) is 15.1 Å². The van der Waals surface area contributed by atoms with Gasteiger partial charge < -0.3 is 20.8 Å². The van der Waals surface area contributed by atoms with Crippen LogP contribution in [0.15, 0.2) is 33.7 Å². The molecular formula is C23H34N6O2. The highest BCUT2D eigenvalue weighted by Crippen LogP contribution is 2.19. The number of primary amides is 1. The molecule has 1 aromatic carbocycles. The Hall–Kier alpha value is -2.87. The summed E-state index contributed by atoms with van der Waals surface area (Å²) < 4.78 is 5.63. The number of oxazole rings is 1. The predicted octanol–water partition coefficient (Wildman–Crippen LogP) is 2.24. The molecule has 168 valence electrons. The number of nitrogens with zero attached hydrogens (tertiary/aromatic N) is 3. The number of likely N-dealkylation sites (tertiary alicyclic amines) is 1. The molecule has 0 aliphatic carbocycles. The van der Waals surface area contributed by atoms with Gasteiger partial charge >= 0.3 is 0 Å². The number of nitrogens with one attached hydrogen (secondary N) is 2. The highest BCUT2D eigenvalue weighted by molar-refractivity contribution is 5.79. The van der Waals surface area contributed by atoms with Crippen LogP contribution in [0.5, 0.6) is 0 Å².